The second-order valence-corrected chi connectivity index (χ2v) is 6.76. The summed E-state index contributed by atoms with van der Waals surface area (Å²) in [5, 5.41) is 2.82. The van der Waals surface area contributed by atoms with Gasteiger partial charge in [0.05, 0.1) is 5.56 Å². The molecule has 0 aliphatic heterocycles. The Morgan fingerprint density at radius 1 is 1.04 bits per heavy atom. The van der Waals surface area contributed by atoms with Crippen LogP contribution in [0.3, 0.4) is 0 Å². The quantitative estimate of drug-likeness (QED) is 0.811. The Bertz CT molecular complexity index is 770. The van der Waals surface area contributed by atoms with Crippen molar-refractivity contribution in [2.45, 2.75) is 45.1 Å². The Hall–Kier alpha value is -2.62. The molecule has 0 saturated heterocycles. The molecule has 0 saturated carbocycles. The van der Waals surface area contributed by atoms with Crippen molar-refractivity contribution in [3.63, 3.8) is 0 Å². The highest BCUT2D eigenvalue weighted by Crippen LogP contribution is 2.22. The lowest BCUT2D eigenvalue weighted by Gasteiger charge is -2.17. The van der Waals surface area contributed by atoms with E-state index >= 15 is 0 Å². The van der Waals surface area contributed by atoms with Gasteiger partial charge in [0.1, 0.15) is 0 Å². The maximum atomic E-state index is 12.3. The number of esters is 1. The number of hydrogen-bond donors (Lipinski definition) is 1. The molecule has 1 amide bonds. The number of fused-ring (bicyclic) bond motifs is 1. The molecule has 0 bridgehead atoms. The molecular weight excluding hydrogens is 326 g/mol. The molecular formula is C22H25NO3. The summed E-state index contributed by atoms with van der Waals surface area (Å²) in [6.07, 6.45) is 4.38. The maximum absolute atomic E-state index is 12.3. The molecule has 0 unspecified atom stereocenters. The zero-order chi connectivity index (χ0) is 18.4. The minimum Gasteiger partial charge on any atom is -0.449 e. The third-order valence-corrected chi connectivity index (χ3v) is 4.79. The predicted octanol–water partition coefficient (Wildman–Crippen LogP) is 3.47. The molecule has 1 atom stereocenters. The molecule has 0 heterocycles. The molecule has 136 valence electrons. The molecule has 0 aromatic heterocycles. The van der Waals surface area contributed by atoms with Gasteiger partial charge in [0.2, 0.25) is 0 Å². The van der Waals surface area contributed by atoms with Crippen LogP contribution in [0.2, 0.25) is 0 Å². The summed E-state index contributed by atoms with van der Waals surface area (Å²) < 4.78 is 5.34. The fourth-order valence-electron chi connectivity index (χ4n) is 3.26. The van der Waals surface area contributed by atoms with Crippen molar-refractivity contribution in [3.05, 3.63) is 70.8 Å². The van der Waals surface area contributed by atoms with Gasteiger partial charge in [-0.3, -0.25) is 4.79 Å². The first kappa shape index (κ1) is 18.2. The van der Waals surface area contributed by atoms with Crippen LogP contribution >= 0.6 is 0 Å². The predicted molar refractivity (Wildman–Crippen MR) is 101 cm³/mol. The third-order valence-electron chi connectivity index (χ3n) is 4.79. The summed E-state index contributed by atoms with van der Waals surface area (Å²) in [6.45, 7) is 2.12. The summed E-state index contributed by atoms with van der Waals surface area (Å²) in [6, 6.07) is 15.7. The molecule has 0 fully saturated rings. The number of amides is 1. The van der Waals surface area contributed by atoms with E-state index in [2.05, 4.69) is 5.32 Å². The van der Waals surface area contributed by atoms with Crippen LogP contribution in [0.4, 0.5) is 0 Å². The standard InChI is InChI=1S/C22H25NO3/c1-16(21(24)23-14-13-17-7-3-2-4-8-17)26-22(25)20-12-11-18-9-5-6-10-19(18)15-20/h2-4,7-8,11-12,15-16H,5-6,9-10,13-14H2,1H3,(H,23,24)/t16-/m1/s1. The molecule has 2 aromatic rings. The fraction of sp³-hybridized carbons (Fsp3) is 0.364. The lowest BCUT2D eigenvalue weighted by molar-refractivity contribution is -0.129. The van der Waals surface area contributed by atoms with Gasteiger partial charge in [-0.1, -0.05) is 36.4 Å². The monoisotopic (exact) mass is 351 g/mol. The van der Waals surface area contributed by atoms with E-state index in [0.29, 0.717) is 12.1 Å². The van der Waals surface area contributed by atoms with E-state index in [0.717, 1.165) is 31.2 Å². The zero-order valence-corrected chi connectivity index (χ0v) is 15.2. The van der Waals surface area contributed by atoms with Gasteiger partial charge in [-0.2, -0.15) is 0 Å². The second-order valence-electron chi connectivity index (χ2n) is 6.76. The van der Waals surface area contributed by atoms with E-state index in [4.69, 9.17) is 4.74 Å². The molecule has 0 radical (unpaired) electrons. The van der Waals surface area contributed by atoms with Gasteiger partial charge in [0.15, 0.2) is 6.10 Å². The van der Waals surface area contributed by atoms with Gasteiger partial charge in [0, 0.05) is 6.54 Å². The first-order valence-corrected chi connectivity index (χ1v) is 9.28. The van der Waals surface area contributed by atoms with Crippen LogP contribution in [0.5, 0.6) is 0 Å². The van der Waals surface area contributed by atoms with Crippen LogP contribution in [-0.2, 0) is 28.8 Å². The van der Waals surface area contributed by atoms with Crippen molar-refractivity contribution in [3.8, 4) is 0 Å². The first-order chi connectivity index (χ1) is 12.6. The fourth-order valence-corrected chi connectivity index (χ4v) is 3.26. The number of carbonyl (C=O) groups is 2. The molecule has 3 rings (SSSR count). The molecule has 26 heavy (non-hydrogen) atoms. The number of rotatable bonds is 6. The summed E-state index contributed by atoms with van der Waals surface area (Å²) in [5.74, 6) is -0.712. The second kappa shape index (κ2) is 8.65. The Morgan fingerprint density at radius 2 is 1.77 bits per heavy atom. The van der Waals surface area contributed by atoms with Gasteiger partial charge >= 0.3 is 5.97 Å². The minimum absolute atomic E-state index is 0.271. The van der Waals surface area contributed by atoms with E-state index in [1.54, 1.807) is 13.0 Å². The van der Waals surface area contributed by atoms with E-state index < -0.39 is 12.1 Å². The number of benzene rings is 2. The molecule has 4 nitrogen and oxygen atoms in total. The summed E-state index contributed by atoms with van der Waals surface area (Å²) in [7, 11) is 0. The number of ether oxygens (including phenoxy) is 1. The SMILES string of the molecule is C[C@@H](OC(=O)c1ccc2c(c1)CCCC2)C(=O)NCCc1ccccc1. The lowest BCUT2D eigenvalue weighted by Crippen LogP contribution is -2.36. The maximum Gasteiger partial charge on any atom is 0.338 e. The number of carbonyl (C=O) groups excluding carboxylic acids is 2. The van der Waals surface area contributed by atoms with Crippen LogP contribution in [0.1, 0.15) is 46.8 Å². The van der Waals surface area contributed by atoms with E-state index in [1.807, 2.05) is 42.5 Å². The van der Waals surface area contributed by atoms with Crippen LogP contribution in [0, 0.1) is 0 Å². The Labute approximate surface area is 154 Å². The van der Waals surface area contributed by atoms with Gasteiger partial charge < -0.3 is 10.1 Å². The molecule has 1 N–H and O–H groups in total. The topological polar surface area (TPSA) is 55.4 Å². The molecule has 2 aromatic carbocycles. The van der Waals surface area contributed by atoms with Gasteiger partial charge in [-0.15, -0.1) is 0 Å². The van der Waals surface area contributed by atoms with Crippen molar-refractivity contribution in [2.75, 3.05) is 6.54 Å². The largest absolute Gasteiger partial charge is 0.449 e. The number of aryl methyl sites for hydroxylation is 2. The summed E-state index contributed by atoms with van der Waals surface area (Å²) >= 11 is 0. The van der Waals surface area contributed by atoms with E-state index in [1.165, 1.54) is 17.5 Å². The van der Waals surface area contributed by atoms with E-state index in [-0.39, 0.29) is 5.91 Å². The molecule has 1 aliphatic carbocycles. The average molecular weight is 351 g/mol. The highest BCUT2D eigenvalue weighted by molar-refractivity contribution is 5.92. The van der Waals surface area contributed by atoms with Crippen molar-refractivity contribution in [1.82, 2.24) is 5.32 Å². The van der Waals surface area contributed by atoms with Crippen LogP contribution in [0.15, 0.2) is 48.5 Å². The van der Waals surface area contributed by atoms with Crippen LogP contribution in [0.25, 0.3) is 0 Å². The highest BCUT2D eigenvalue weighted by atomic mass is 16.5. The molecule has 0 spiro atoms. The molecule has 4 heteroatoms. The van der Waals surface area contributed by atoms with Crippen LogP contribution < -0.4 is 5.32 Å². The Kier molecular flexibility index (Phi) is 6.05. The third kappa shape index (κ3) is 4.72. The van der Waals surface area contributed by atoms with Gasteiger partial charge in [-0.05, 0) is 67.9 Å². The van der Waals surface area contributed by atoms with E-state index in [9.17, 15) is 9.59 Å². The smallest absolute Gasteiger partial charge is 0.338 e. The first-order valence-electron chi connectivity index (χ1n) is 9.28. The van der Waals surface area contributed by atoms with Crippen molar-refractivity contribution in [2.24, 2.45) is 0 Å². The summed E-state index contributed by atoms with van der Waals surface area (Å²) in [4.78, 5) is 24.5. The lowest BCUT2D eigenvalue weighted by atomic mass is 9.90. The number of hydrogen-bond acceptors (Lipinski definition) is 3. The minimum atomic E-state index is -0.811. The van der Waals surface area contributed by atoms with Crippen LogP contribution in [-0.4, -0.2) is 24.5 Å². The summed E-state index contributed by atoms with van der Waals surface area (Å²) in [5.41, 5.74) is 4.23. The Balaban J connectivity index is 1.49. The van der Waals surface area contributed by atoms with Gasteiger partial charge in [0.25, 0.3) is 5.91 Å². The average Bonchev–Trinajstić information content (AvgIpc) is 2.68. The highest BCUT2D eigenvalue weighted by Gasteiger charge is 2.20. The zero-order valence-electron chi connectivity index (χ0n) is 15.2. The van der Waals surface area contributed by atoms with Crippen molar-refractivity contribution < 1.29 is 14.3 Å². The number of nitrogens with one attached hydrogen (secondary N) is 1. The normalized spacial score (nSPS) is 14.2. The van der Waals surface area contributed by atoms with Crippen molar-refractivity contribution >= 4 is 11.9 Å². The molecule has 1 aliphatic rings. The van der Waals surface area contributed by atoms with Gasteiger partial charge in [-0.25, -0.2) is 4.79 Å². The van der Waals surface area contributed by atoms with Crippen molar-refractivity contribution in [1.29, 1.82) is 0 Å². The Morgan fingerprint density at radius 3 is 2.54 bits per heavy atom.